The van der Waals surface area contributed by atoms with Crippen LogP contribution in [-0.2, 0) is 4.79 Å². The minimum atomic E-state index is -1.86. The van der Waals surface area contributed by atoms with Crippen LogP contribution in [0, 0.1) is 6.92 Å². The molecule has 0 saturated heterocycles. The van der Waals surface area contributed by atoms with E-state index < -0.39 is 15.9 Å². The molecule has 2 aromatic rings. The molecule has 0 spiro atoms. The van der Waals surface area contributed by atoms with Gasteiger partial charge in [0.25, 0.3) is 5.91 Å². The van der Waals surface area contributed by atoms with Crippen molar-refractivity contribution in [3.8, 4) is 0 Å². The maximum absolute atomic E-state index is 12.5. The first kappa shape index (κ1) is 23.2. The number of rotatable bonds is 5. The third-order valence-corrected chi connectivity index (χ3v) is 4.50. The molecule has 0 unspecified atom stereocenters. The fourth-order valence-electron chi connectivity index (χ4n) is 2.34. The van der Waals surface area contributed by atoms with Crippen LogP contribution in [0.2, 0.25) is 0 Å². The fourth-order valence-corrected chi connectivity index (χ4v) is 2.90. The van der Waals surface area contributed by atoms with Gasteiger partial charge in [-0.15, -0.1) is 0 Å². The predicted molar refractivity (Wildman–Crippen MR) is 123 cm³/mol. The minimum Gasteiger partial charge on any atom is -0.339 e. The van der Waals surface area contributed by atoms with Crippen LogP contribution in [-0.4, -0.2) is 26.9 Å². The molecule has 0 heterocycles. The van der Waals surface area contributed by atoms with Gasteiger partial charge in [0.2, 0.25) is 9.70 Å². The summed E-state index contributed by atoms with van der Waals surface area (Å²) in [6.45, 7) is 3.30. The second kappa shape index (κ2) is 10.1. The van der Waals surface area contributed by atoms with Gasteiger partial charge < -0.3 is 21.3 Å². The average molecular weight is 474 g/mol. The van der Waals surface area contributed by atoms with E-state index >= 15 is 0 Å². The lowest BCUT2D eigenvalue weighted by atomic mass is 10.1. The van der Waals surface area contributed by atoms with Crippen molar-refractivity contribution in [2.75, 3.05) is 10.6 Å². The number of nitrogens with one attached hydrogen (secondary N) is 4. The maximum atomic E-state index is 12.5. The Hall–Kier alpha value is -2.06. The van der Waals surface area contributed by atoms with Gasteiger partial charge in [-0.05, 0) is 55.5 Å². The van der Waals surface area contributed by atoms with Gasteiger partial charge in [-0.3, -0.25) is 9.59 Å². The number of carbonyl (C=O) groups excluding carboxylic acids is 2. The first-order valence-electron chi connectivity index (χ1n) is 8.44. The number of thiocarbonyl (C=S) groups is 1. The molecule has 29 heavy (non-hydrogen) atoms. The van der Waals surface area contributed by atoms with Crippen molar-refractivity contribution in [3.63, 3.8) is 0 Å². The fraction of sp³-hybridized carbons (Fsp3) is 0.211. The van der Waals surface area contributed by atoms with Gasteiger partial charge in [-0.2, -0.15) is 0 Å². The topological polar surface area (TPSA) is 82.3 Å². The molecule has 2 aromatic carbocycles. The minimum absolute atomic E-state index is 0.137. The van der Waals surface area contributed by atoms with Crippen LogP contribution in [0.1, 0.15) is 22.8 Å². The Bertz CT molecular complexity index is 901. The molecule has 1 atom stereocenters. The quantitative estimate of drug-likeness (QED) is 0.295. The van der Waals surface area contributed by atoms with Gasteiger partial charge in [0.05, 0.1) is 0 Å². The number of amides is 2. The van der Waals surface area contributed by atoms with E-state index in [2.05, 4.69) is 21.3 Å². The number of alkyl halides is 3. The second-order valence-electron chi connectivity index (χ2n) is 6.17. The zero-order valence-corrected chi connectivity index (χ0v) is 18.6. The van der Waals surface area contributed by atoms with E-state index in [4.69, 9.17) is 47.0 Å². The Morgan fingerprint density at radius 3 is 2.07 bits per heavy atom. The Balaban J connectivity index is 2.03. The average Bonchev–Trinajstić information content (AvgIpc) is 2.61. The molecule has 0 aliphatic rings. The third kappa shape index (κ3) is 7.70. The molecule has 2 amide bonds. The summed E-state index contributed by atoms with van der Waals surface area (Å²) in [6.07, 6.45) is -1.08. The van der Waals surface area contributed by atoms with Gasteiger partial charge in [0.15, 0.2) is 5.11 Å². The standard InChI is InChI=1S/C19H19Cl3N4O2S/c1-11-4-3-5-13(10-11)16(28)25-17(19(20,21)22)26-18(29)24-15-8-6-14(7-9-15)23-12(2)27/h3-10,17H,1-2H3,(H,23,27)(H,25,28)(H2,24,26,29)/t17-/m0/s1. The number of hydrogen-bond acceptors (Lipinski definition) is 3. The molecule has 0 saturated carbocycles. The van der Waals surface area contributed by atoms with Crippen LogP contribution in [0.25, 0.3) is 0 Å². The molecule has 2 rings (SSSR count). The van der Waals surface area contributed by atoms with Crippen LogP contribution < -0.4 is 21.3 Å². The molecule has 6 nitrogen and oxygen atoms in total. The summed E-state index contributed by atoms with van der Waals surface area (Å²) in [4.78, 5) is 23.6. The summed E-state index contributed by atoms with van der Waals surface area (Å²) < 4.78 is -1.86. The highest BCUT2D eigenvalue weighted by molar-refractivity contribution is 7.80. The summed E-state index contributed by atoms with van der Waals surface area (Å²) in [6, 6.07) is 13.9. The van der Waals surface area contributed by atoms with Crippen molar-refractivity contribution in [2.45, 2.75) is 23.8 Å². The van der Waals surface area contributed by atoms with Crippen LogP contribution in [0.3, 0.4) is 0 Å². The van der Waals surface area contributed by atoms with Crippen molar-refractivity contribution in [1.82, 2.24) is 10.6 Å². The molecular formula is C19H19Cl3N4O2S. The van der Waals surface area contributed by atoms with E-state index in [-0.39, 0.29) is 11.0 Å². The zero-order chi connectivity index (χ0) is 21.6. The van der Waals surface area contributed by atoms with E-state index in [1.165, 1.54) is 6.92 Å². The van der Waals surface area contributed by atoms with E-state index in [1.54, 1.807) is 42.5 Å². The third-order valence-electron chi connectivity index (χ3n) is 3.62. The summed E-state index contributed by atoms with van der Waals surface area (Å²) in [7, 11) is 0. The van der Waals surface area contributed by atoms with Gasteiger partial charge in [-0.25, -0.2) is 0 Å². The highest BCUT2D eigenvalue weighted by Gasteiger charge is 2.34. The lowest BCUT2D eigenvalue weighted by molar-refractivity contribution is -0.114. The molecule has 0 aromatic heterocycles. The van der Waals surface area contributed by atoms with Crippen LogP contribution in [0.4, 0.5) is 11.4 Å². The Morgan fingerprint density at radius 2 is 1.55 bits per heavy atom. The summed E-state index contributed by atoms with van der Waals surface area (Å²) in [5, 5.41) is 11.1. The molecule has 0 aliphatic heterocycles. The predicted octanol–water partition coefficient (Wildman–Crippen LogP) is 4.37. The Labute approximate surface area is 189 Å². The molecule has 0 radical (unpaired) electrons. The van der Waals surface area contributed by atoms with Crippen molar-refractivity contribution in [3.05, 3.63) is 59.7 Å². The number of hydrogen-bond donors (Lipinski definition) is 4. The van der Waals surface area contributed by atoms with Crippen molar-refractivity contribution >= 4 is 75.3 Å². The van der Waals surface area contributed by atoms with Crippen LogP contribution in [0.15, 0.2) is 48.5 Å². The van der Waals surface area contributed by atoms with E-state index in [9.17, 15) is 9.59 Å². The number of benzene rings is 2. The van der Waals surface area contributed by atoms with Gasteiger partial charge in [0, 0.05) is 23.9 Å². The first-order chi connectivity index (χ1) is 13.5. The molecule has 0 aliphatic carbocycles. The van der Waals surface area contributed by atoms with Crippen molar-refractivity contribution < 1.29 is 9.59 Å². The summed E-state index contributed by atoms with van der Waals surface area (Å²) in [5.41, 5.74) is 2.64. The van der Waals surface area contributed by atoms with Gasteiger partial charge in [-0.1, -0.05) is 52.5 Å². The Morgan fingerprint density at radius 1 is 0.966 bits per heavy atom. The van der Waals surface area contributed by atoms with Crippen LogP contribution >= 0.6 is 47.0 Å². The number of aryl methyl sites for hydroxylation is 1. The largest absolute Gasteiger partial charge is 0.339 e. The second-order valence-corrected chi connectivity index (χ2v) is 8.95. The normalized spacial score (nSPS) is 11.9. The molecule has 4 N–H and O–H groups in total. The van der Waals surface area contributed by atoms with Gasteiger partial charge in [0.1, 0.15) is 6.17 Å². The van der Waals surface area contributed by atoms with Gasteiger partial charge >= 0.3 is 0 Å². The number of anilines is 2. The lowest BCUT2D eigenvalue weighted by Crippen LogP contribution is -2.56. The zero-order valence-electron chi connectivity index (χ0n) is 15.6. The smallest absolute Gasteiger partial charge is 0.252 e. The van der Waals surface area contributed by atoms with Crippen molar-refractivity contribution in [2.24, 2.45) is 0 Å². The van der Waals surface area contributed by atoms with E-state index in [0.29, 0.717) is 16.9 Å². The monoisotopic (exact) mass is 472 g/mol. The number of halogens is 3. The highest BCUT2D eigenvalue weighted by Crippen LogP contribution is 2.29. The highest BCUT2D eigenvalue weighted by atomic mass is 35.6. The SMILES string of the molecule is CC(=O)Nc1ccc(NC(=S)N[C@H](NC(=O)c2cccc(C)c2)C(Cl)(Cl)Cl)cc1. The van der Waals surface area contributed by atoms with E-state index in [0.717, 1.165) is 5.56 Å². The lowest BCUT2D eigenvalue weighted by Gasteiger charge is -2.28. The van der Waals surface area contributed by atoms with Crippen LogP contribution in [0.5, 0.6) is 0 Å². The molecule has 154 valence electrons. The maximum Gasteiger partial charge on any atom is 0.252 e. The first-order valence-corrected chi connectivity index (χ1v) is 9.98. The number of carbonyl (C=O) groups is 2. The molecule has 0 fully saturated rings. The molecular weight excluding hydrogens is 455 g/mol. The summed E-state index contributed by atoms with van der Waals surface area (Å²) >= 11 is 23.3. The van der Waals surface area contributed by atoms with E-state index in [1.807, 2.05) is 13.0 Å². The molecule has 10 heteroatoms. The Kier molecular flexibility index (Phi) is 8.10. The summed E-state index contributed by atoms with van der Waals surface area (Å²) in [5.74, 6) is -0.585. The molecule has 0 bridgehead atoms. The van der Waals surface area contributed by atoms with Crippen molar-refractivity contribution in [1.29, 1.82) is 0 Å².